The molecule has 0 aliphatic carbocycles. The Morgan fingerprint density at radius 1 is 1.00 bits per heavy atom. The van der Waals surface area contributed by atoms with Crippen LogP contribution >= 0.6 is 0 Å². The summed E-state index contributed by atoms with van der Waals surface area (Å²) < 4.78 is 6.63. The third-order valence-corrected chi connectivity index (χ3v) is 7.00. The Balaban J connectivity index is 1.31. The molecule has 3 heteroatoms. The van der Waals surface area contributed by atoms with Gasteiger partial charge in [0.1, 0.15) is 11.4 Å². The van der Waals surface area contributed by atoms with Crippen LogP contribution in [-0.2, 0) is 13.0 Å². The SMILES string of the molecule is c1cc2c(cc1CN1CCCCC1)CC1(CCCN3CCCC3C1)O2. The summed E-state index contributed by atoms with van der Waals surface area (Å²) in [5.74, 6) is 1.17. The molecule has 5 rings (SSSR count). The van der Waals surface area contributed by atoms with Crippen LogP contribution in [0.1, 0.15) is 62.5 Å². The van der Waals surface area contributed by atoms with Crippen molar-refractivity contribution < 1.29 is 4.74 Å². The van der Waals surface area contributed by atoms with E-state index in [0.29, 0.717) is 0 Å². The summed E-state index contributed by atoms with van der Waals surface area (Å²) in [6.07, 6.45) is 11.8. The van der Waals surface area contributed by atoms with Gasteiger partial charge in [0.2, 0.25) is 0 Å². The molecule has 1 aromatic rings. The summed E-state index contributed by atoms with van der Waals surface area (Å²) in [6, 6.07) is 7.80. The third kappa shape index (κ3) is 3.21. The number of ether oxygens (including phenoxy) is 1. The average molecular weight is 341 g/mol. The first-order valence-corrected chi connectivity index (χ1v) is 10.6. The predicted octanol–water partition coefficient (Wildman–Crippen LogP) is 3.99. The first-order chi connectivity index (χ1) is 12.3. The molecule has 0 amide bonds. The number of hydrogen-bond donors (Lipinski definition) is 0. The second-order valence-corrected chi connectivity index (χ2v) is 8.88. The average Bonchev–Trinajstić information content (AvgIpc) is 3.15. The van der Waals surface area contributed by atoms with Crippen molar-refractivity contribution >= 4 is 0 Å². The maximum atomic E-state index is 6.63. The zero-order valence-electron chi connectivity index (χ0n) is 15.5. The lowest BCUT2D eigenvalue weighted by atomic mass is 9.86. The van der Waals surface area contributed by atoms with E-state index in [4.69, 9.17) is 4.74 Å². The molecule has 0 aromatic heterocycles. The summed E-state index contributed by atoms with van der Waals surface area (Å²) in [7, 11) is 0. The maximum absolute atomic E-state index is 6.63. The van der Waals surface area contributed by atoms with Gasteiger partial charge >= 0.3 is 0 Å². The minimum atomic E-state index is 0.0931. The number of hydrogen-bond acceptors (Lipinski definition) is 3. The fraction of sp³-hybridized carbons (Fsp3) is 0.727. The van der Waals surface area contributed by atoms with Crippen LogP contribution in [-0.4, -0.2) is 47.6 Å². The lowest BCUT2D eigenvalue weighted by Crippen LogP contribution is -2.39. The van der Waals surface area contributed by atoms with E-state index in [2.05, 4.69) is 28.0 Å². The van der Waals surface area contributed by atoms with Crippen molar-refractivity contribution in [2.24, 2.45) is 0 Å². The van der Waals surface area contributed by atoms with Crippen molar-refractivity contribution in [2.45, 2.75) is 76.0 Å². The van der Waals surface area contributed by atoms with Crippen LogP contribution in [0.4, 0.5) is 0 Å². The van der Waals surface area contributed by atoms with Gasteiger partial charge in [0.25, 0.3) is 0 Å². The second kappa shape index (κ2) is 6.59. The number of piperidine rings is 1. The molecule has 25 heavy (non-hydrogen) atoms. The van der Waals surface area contributed by atoms with Gasteiger partial charge in [-0.1, -0.05) is 18.6 Å². The topological polar surface area (TPSA) is 15.7 Å². The first kappa shape index (κ1) is 16.1. The standard InChI is InChI=1S/C22H32N2O/c1-2-10-23(11-3-1)17-18-7-8-21-19(14-18)15-22(25-21)9-5-13-24-12-4-6-20(24)16-22/h7-8,14,20H,1-6,9-13,15-17H2. The molecule has 1 spiro atoms. The Labute approximate surface area is 152 Å². The molecule has 0 bridgehead atoms. The highest BCUT2D eigenvalue weighted by atomic mass is 16.5. The minimum absolute atomic E-state index is 0.0931. The normalized spacial score (nSPS) is 33.0. The summed E-state index contributed by atoms with van der Waals surface area (Å²) in [5, 5.41) is 0. The molecule has 4 heterocycles. The molecular weight excluding hydrogens is 308 g/mol. The second-order valence-electron chi connectivity index (χ2n) is 8.88. The molecule has 1 aromatic carbocycles. The summed E-state index contributed by atoms with van der Waals surface area (Å²) in [5.41, 5.74) is 3.05. The van der Waals surface area contributed by atoms with Crippen molar-refractivity contribution in [3.63, 3.8) is 0 Å². The van der Waals surface area contributed by atoms with E-state index in [-0.39, 0.29) is 5.60 Å². The van der Waals surface area contributed by atoms with E-state index in [1.807, 2.05) is 0 Å². The number of benzene rings is 1. The van der Waals surface area contributed by atoms with E-state index in [1.165, 1.54) is 94.4 Å². The van der Waals surface area contributed by atoms with Gasteiger partial charge in [0.15, 0.2) is 0 Å². The molecule has 136 valence electrons. The molecular formula is C22H32N2O. The van der Waals surface area contributed by atoms with Crippen molar-refractivity contribution in [1.82, 2.24) is 9.80 Å². The van der Waals surface area contributed by atoms with Crippen molar-refractivity contribution in [2.75, 3.05) is 26.2 Å². The minimum Gasteiger partial charge on any atom is -0.487 e. The lowest BCUT2D eigenvalue weighted by molar-refractivity contribution is 0.0649. The Kier molecular flexibility index (Phi) is 4.25. The zero-order valence-corrected chi connectivity index (χ0v) is 15.5. The number of likely N-dealkylation sites (tertiary alicyclic amines) is 1. The van der Waals surface area contributed by atoms with Gasteiger partial charge in [0, 0.05) is 25.4 Å². The maximum Gasteiger partial charge on any atom is 0.123 e. The molecule has 0 N–H and O–H groups in total. The highest BCUT2D eigenvalue weighted by molar-refractivity contribution is 5.42. The molecule has 3 nitrogen and oxygen atoms in total. The van der Waals surface area contributed by atoms with E-state index >= 15 is 0 Å². The van der Waals surface area contributed by atoms with E-state index < -0.39 is 0 Å². The largest absolute Gasteiger partial charge is 0.487 e. The summed E-state index contributed by atoms with van der Waals surface area (Å²) >= 11 is 0. The highest BCUT2D eigenvalue weighted by Gasteiger charge is 2.44. The predicted molar refractivity (Wildman–Crippen MR) is 101 cm³/mol. The summed E-state index contributed by atoms with van der Waals surface area (Å²) in [4.78, 5) is 5.35. The summed E-state index contributed by atoms with van der Waals surface area (Å²) in [6.45, 7) is 6.26. The zero-order chi connectivity index (χ0) is 16.7. The van der Waals surface area contributed by atoms with Crippen molar-refractivity contribution in [1.29, 1.82) is 0 Å². The quantitative estimate of drug-likeness (QED) is 0.809. The molecule has 2 atom stereocenters. The Morgan fingerprint density at radius 3 is 2.80 bits per heavy atom. The van der Waals surface area contributed by atoms with Crippen LogP contribution in [0.25, 0.3) is 0 Å². The fourth-order valence-electron chi connectivity index (χ4n) is 5.77. The van der Waals surface area contributed by atoms with Gasteiger partial charge in [-0.15, -0.1) is 0 Å². The van der Waals surface area contributed by atoms with Gasteiger partial charge in [-0.25, -0.2) is 0 Å². The molecule has 4 aliphatic heterocycles. The van der Waals surface area contributed by atoms with Crippen LogP contribution in [0.3, 0.4) is 0 Å². The van der Waals surface area contributed by atoms with Gasteiger partial charge < -0.3 is 9.64 Å². The lowest BCUT2D eigenvalue weighted by Gasteiger charge is -2.30. The Morgan fingerprint density at radius 2 is 1.88 bits per heavy atom. The van der Waals surface area contributed by atoms with Crippen LogP contribution < -0.4 is 4.74 Å². The van der Waals surface area contributed by atoms with E-state index in [9.17, 15) is 0 Å². The van der Waals surface area contributed by atoms with Crippen molar-refractivity contribution in [3.8, 4) is 5.75 Å². The number of fused-ring (bicyclic) bond motifs is 2. The fourth-order valence-corrected chi connectivity index (χ4v) is 5.77. The van der Waals surface area contributed by atoms with E-state index in [0.717, 1.165) is 19.0 Å². The highest BCUT2D eigenvalue weighted by Crippen LogP contribution is 2.44. The monoisotopic (exact) mass is 340 g/mol. The van der Waals surface area contributed by atoms with Crippen LogP contribution in [0, 0.1) is 0 Å². The first-order valence-electron chi connectivity index (χ1n) is 10.6. The number of nitrogens with zero attached hydrogens (tertiary/aromatic N) is 2. The van der Waals surface area contributed by atoms with Crippen LogP contribution in [0.15, 0.2) is 18.2 Å². The van der Waals surface area contributed by atoms with Gasteiger partial charge in [-0.3, -0.25) is 4.90 Å². The molecule has 4 aliphatic rings. The molecule has 0 saturated carbocycles. The Bertz CT molecular complexity index is 624. The van der Waals surface area contributed by atoms with Crippen molar-refractivity contribution in [3.05, 3.63) is 29.3 Å². The van der Waals surface area contributed by atoms with Gasteiger partial charge in [0.05, 0.1) is 0 Å². The molecule has 3 saturated heterocycles. The Hall–Kier alpha value is -1.06. The van der Waals surface area contributed by atoms with Gasteiger partial charge in [-0.2, -0.15) is 0 Å². The molecule has 2 unspecified atom stereocenters. The van der Waals surface area contributed by atoms with Gasteiger partial charge in [-0.05, 0) is 81.9 Å². The number of rotatable bonds is 2. The van der Waals surface area contributed by atoms with Crippen LogP contribution in [0.2, 0.25) is 0 Å². The van der Waals surface area contributed by atoms with Crippen LogP contribution in [0.5, 0.6) is 5.75 Å². The molecule has 0 radical (unpaired) electrons. The third-order valence-electron chi connectivity index (χ3n) is 7.00. The van der Waals surface area contributed by atoms with E-state index in [1.54, 1.807) is 0 Å². The smallest absolute Gasteiger partial charge is 0.123 e. The molecule has 3 fully saturated rings.